The summed E-state index contributed by atoms with van der Waals surface area (Å²) in [5.74, 6) is 0. The smallest absolute Gasteiger partial charge is 0.257 e. The summed E-state index contributed by atoms with van der Waals surface area (Å²) >= 11 is 0. The van der Waals surface area contributed by atoms with Gasteiger partial charge in [0.25, 0.3) is 13.5 Å². The van der Waals surface area contributed by atoms with Crippen molar-refractivity contribution in [3.8, 4) is 0 Å². The maximum absolute atomic E-state index is 8.73. The lowest BCUT2D eigenvalue weighted by molar-refractivity contribution is -0.788. The van der Waals surface area contributed by atoms with Crippen LogP contribution in [0.15, 0.2) is 59.4 Å². The molecule has 0 atom stereocenters. The highest BCUT2D eigenvalue weighted by Gasteiger charge is 2.07. The first-order valence-electron chi connectivity index (χ1n) is 7.08. The number of aromatic nitrogens is 2. The Morgan fingerprint density at radius 2 is 1.17 bits per heavy atom. The van der Waals surface area contributed by atoms with Crippen molar-refractivity contribution in [3.05, 3.63) is 60.2 Å². The van der Waals surface area contributed by atoms with Crippen molar-refractivity contribution < 1.29 is 24.3 Å². The zero-order valence-corrected chi connectivity index (χ0v) is 13.1. The molecule has 120 valence electrons. The Morgan fingerprint density at radius 1 is 0.826 bits per heavy atom. The van der Waals surface area contributed by atoms with Gasteiger partial charge in [-0.3, -0.25) is 4.74 Å². The number of hydrogen-bond donors (Lipinski definition) is 2. The molecule has 0 saturated carbocycles. The third-order valence-electron chi connectivity index (χ3n) is 3.40. The summed E-state index contributed by atoms with van der Waals surface area (Å²) in [6.45, 7) is 4.28. The zero-order chi connectivity index (χ0) is 16.7. The normalized spacial score (nSPS) is 12.4. The summed E-state index contributed by atoms with van der Waals surface area (Å²) in [6.07, 6.45) is 7.44. The molecule has 0 aliphatic heterocycles. The van der Waals surface area contributed by atoms with E-state index in [0.717, 1.165) is 11.1 Å². The van der Waals surface area contributed by atoms with Gasteiger partial charge in [-0.2, -0.15) is 9.13 Å². The van der Waals surface area contributed by atoms with E-state index in [0.29, 0.717) is 24.9 Å². The van der Waals surface area contributed by atoms with Gasteiger partial charge in [-0.1, -0.05) is 10.3 Å². The van der Waals surface area contributed by atoms with Crippen LogP contribution in [0.1, 0.15) is 25.0 Å². The number of nitrogens with zero attached hydrogens (tertiary/aromatic N) is 4. The number of pyridine rings is 2. The predicted octanol–water partition coefficient (Wildman–Crippen LogP) is 1.29. The summed E-state index contributed by atoms with van der Waals surface area (Å²) in [4.78, 5) is 0. The van der Waals surface area contributed by atoms with E-state index in [1.54, 1.807) is 13.8 Å². The molecular weight excluding hydrogens is 296 g/mol. The van der Waals surface area contributed by atoms with E-state index in [1.165, 1.54) is 0 Å². The highest BCUT2D eigenvalue weighted by molar-refractivity contribution is 5.98. The van der Waals surface area contributed by atoms with Crippen LogP contribution in [0.25, 0.3) is 0 Å². The fraction of sp³-hybridized carbons (Fsp3) is 0.250. The third kappa shape index (κ3) is 4.58. The number of oxime groups is 2. The Bertz CT molecular complexity index is 633. The highest BCUT2D eigenvalue weighted by atomic mass is 16.5. The lowest BCUT2D eigenvalue weighted by Gasteiger charge is -2.01. The lowest BCUT2D eigenvalue weighted by Crippen LogP contribution is -2.40. The van der Waals surface area contributed by atoms with Gasteiger partial charge in [0.15, 0.2) is 24.8 Å². The molecule has 2 N–H and O–H groups in total. The molecule has 2 aromatic rings. The summed E-state index contributed by atoms with van der Waals surface area (Å²) < 4.78 is 9.39. The van der Waals surface area contributed by atoms with E-state index in [4.69, 9.17) is 15.2 Å². The molecule has 0 fully saturated rings. The van der Waals surface area contributed by atoms with E-state index in [2.05, 4.69) is 10.3 Å². The van der Waals surface area contributed by atoms with Crippen molar-refractivity contribution in [2.45, 2.75) is 27.3 Å². The Morgan fingerprint density at radius 3 is 1.48 bits per heavy atom. The van der Waals surface area contributed by atoms with Crippen LogP contribution in [-0.4, -0.2) is 21.8 Å². The van der Waals surface area contributed by atoms with Crippen LogP contribution >= 0.6 is 0 Å². The van der Waals surface area contributed by atoms with Crippen LogP contribution in [0.3, 0.4) is 0 Å². The van der Waals surface area contributed by atoms with Crippen molar-refractivity contribution in [1.82, 2.24) is 0 Å². The number of ether oxygens (including phenoxy) is 1. The number of rotatable bonds is 6. The first-order chi connectivity index (χ1) is 11.1. The van der Waals surface area contributed by atoms with Crippen LogP contribution in [0.2, 0.25) is 0 Å². The van der Waals surface area contributed by atoms with Gasteiger partial charge in [-0.15, -0.1) is 0 Å². The van der Waals surface area contributed by atoms with Gasteiger partial charge in [0, 0.05) is 35.4 Å². The molecule has 7 nitrogen and oxygen atoms in total. The average Bonchev–Trinajstić information content (AvgIpc) is 2.61. The van der Waals surface area contributed by atoms with E-state index in [-0.39, 0.29) is 0 Å². The summed E-state index contributed by atoms with van der Waals surface area (Å²) in [5.41, 5.74) is 2.84. The standard InChI is InChI=1S/C16H18N4O3/c1-13(17-21)15-3-7-19(8-4-15)11-23-12-20-9-5-16(6-10-20)14(2)18-22/h3-10H,11-12H2,1-2H3/p+2. The molecule has 7 heteroatoms. The molecule has 0 saturated heterocycles. The Balaban J connectivity index is 1.87. The molecule has 2 rings (SSSR count). The Hall–Kier alpha value is -2.80. The van der Waals surface area contributed by atoms with Crippen LogP contribution in [-0.2, 0) is 18.2 Å². The zero-order valence-electron chi connectivity index (χ0n) is 13.1. The molecule has 0 bridgehead atoms. The Kier molecular flexibility index (Phi) is 5.76. The van der Waals surface area contributed by atoms with Crippen molar-refractivity contribution in [3.63, 3.8) is 0 Å². The molecule has 0 radical (unpaired) electrons. The summed E-state index contributed by atoms with van der Waals surface area (Å²) in [7, 11) is 0. The molecule has 2 heterocycles. The first kappa shape index (κ1) is 16.6. The van der Waals surface area contributed by atoms with Gasteiger partial charge in [-0.25, -0.2) is 0 Å². The van der Waals surface area contributed by atoms with Gasteiger partial charge in [-0.05, 0) is 13.8 Å². The SMILES string of the molecule is C/C(=N/O)c1cc[n+](COC[n+]2ccc(/C(C)=N\O)cc2)cc1. The van der Waals surface area contributed by atoms with Crippen molar-refractivity contribution in [1.29, 1.82) is 0 Å². The van der Waals surface area contributed by atoms with Gasteiger partial charge in [0.1, 0.15) is 0 Å². The topological polar surface area (TPSA) is 82.2 Å². The van der Waals surface area contributed by atoms with Crippen molar-refractivity contribution >= 4 is 11.4 Å². The fourth-order valence-electron chi connectivity index (χ4n) is 1.94. The molecule has 0 spiro atoms. The second kappa shape index (κ2) is 8.00. The summed E-state index contributed by atoms with van der Waals surface area (Å²) in [5, 5.41) is 23.8. The molecule has 23 heavy (non-hydrogen) atoms. The molecule has 0 unspecified atom stereocenters. The van der Waals surface area contributed by atoms with Crippen molar-refractivity contribution in [2.75, 3.05) is 0 Å². The highest BCUT2D eigenvalue weighted by Crippen LogP contribution is 1.98. The molecule has 0 aliphatic carbocycles. The van der Waals surface area contributed by atoms with Crippen LogP contribution < -0.4 is 9.13 Å². The van der Waals surface area contributed by atoms with E-state index >= 15 is 0 Å². The van der Waals surface area contributed by atoms with Gasteiger partial charge in [0.05, 0.1) is 11.4 Å². The van der Waals surface area contributed by atoms with Crippen LogP contribution in [0, 0.1) is 0 Å². The maximum Gasteiger partial charge on any atom is 0.257 e. The average molecular weight is 316 g/mol. The van der Waals surface area contributed by atoms with Crippen molar-refractivity contribution in [2.24, 2.45) is 10.3 Å². The second-order valence-corrected chi connectivity index (χ2v) is 5.04. The van der Waals surface area contributed by atoms with E-state index < -0.39 is 0 Å². The van der Waals surface area contributed by atoms with Gasteiger partial charge < -0.3 is 10.4 Å². The minimum atomic E-state index is 0.404. The third-order valence-corrected chi connectivity index (χ3v) is 3.40. The van der Waals surface area contributed by atoms with Crippen LogP contribution in [0.5, 0.6) is 0 Å². The molecule has 0 amide bonds. The lowest BCUT2D eigenvalue weighted by atomic mass is 10.2. The molecular formula is C16H20N4O3+2. The van der Waals surface area contributed by atoms with Crippen LogP contribution in [0.4, 0.5) is 0 Å². The largest absolute Gasteiger partial charge is 0.411 e. The van der Waals surface area contributed by atoms with E-state index in [1.807, 2.05) is 58.2 Å². The van der Waals surface area contributed by atoms with Gasteiger partial charge in [0.2, 0.25) is 0 Å². The number of hydrogen-bond acceptors (Lipinski definition) is 5. The fourth-order valence-corrected chi connectivity index (χ4v) is 1.94. The monoisotopic (exact) mass is 316 g/mol. The maximum atomic E-state index is 8.73. The second-order valence-electron chi connectivity index (χ2n) is 5.04. The van der Waals surface area contributed by atoms with Gasteiger partial charge >= 0.3 is 0 Å². The molecule has 2 aromatic heterocycles. The minimum absolute atomic E-state index is 0.404. The van der Waals surface area contributed by atoms with E-state index in [9.17, 15) is 0 Å². The minimum Gasteiger partial charge on any atom is -0.411 e. The quantitative estimate of drug-likeness (QED) is 0.365. The summed E-state index contributed by atoms with van der Waals surface area (Å²) in [6, 6.07) is 7.43. The predicted molar refractivity (Wildman–Crippen MR) is 82.4 cm³/mol. The molecule has 0 aromatic carbocycles. The Labute approximate surface area is 134 Å². The molecule has 0 aliphatic rings. The first-order valence-corrected chi connectivity index (χ1v) is 7.08.